The van der Waals surface area contributed by atoms with Crippen LogP contribution < -0.4 is 9.80 Å². The molecule has 104 valence electrons. The van der Waals surface area contributed by atoms with Crippen LogP contribution in [0.1, 0.15) is 0 Å². The van der Waals surface area contributed by atoms with E-state index in [1.807, 2.05) is 24.4 Å². The minimum Gasteiger partial charge on any atom is -0.368 e. The molecule has 0 atom stereocenters. The van der Waals surface area contributed by atoms with E-state index in [4.69, 9.17) is 11.6 Å². The van der Waals surface area contributed by atoms with E-state index >= 15 is 0 Å². The number of nitrogens with zero attached hydrogens (tertiary/aromatic N) is 3. The maximum atomic E-state index is 5.93. The fourth-order valence-corrected chi connectivity index (χ4v) is 2.76. The molecule has 0 N–H and O–H groups in total. The van der Waals surface area contributed by atoms with Gasteiger partial charge in [-0.15, -0.1) is 0 Å². The summed E-state index contributed by atoms with van der Waals surface area (Å²) in [6.07, 6.45) is 1.85. The molecule has 1 fully saturated rings. The number of halogens is 2. The predicted octanol–water partition coefficient (Wildman–Crippen LogP) is 3.82. The number of anilines is 2. The molecule has 2 heterocycles. The van der Waals surface area contributed by atoms with E-state index in [1.165, 1.54) is 5.69 Å². The smallest absolute Gasteiger partial charge is 0.128 e. The molecule has 0 bridgehead atoms. The van der Waals surface area contributed by atoms with E-state index in [-0.39, 0.29) is 0 Å². The standard InChI is InChI=1S/C15H15BrClN3/c16-12-1-6-15(18-11-12)20-9-7-19(8-10-20)14-4-2-13(17)3-5-14/h1-6,11H,7-10H2. The van der Waals surface area contributed by atoms with Crippen molar-refractivity contribution in [2.75, 3.05) is 36.0 Å². The van der Waals surface area contributed by atoms with Gasteiger partial charge in [0.25, 0.3) is 0 Å². The Morgan fingerprint density at radius 3 is 2.15 bits per heavy atom. The molecule has 0 saturated carbocycles. The Kier molecular flexibility index (Phi) is 4.13. The molecule has 0 radical (unpaired) electrons. The van der Waals surface area contributed by atoms with E-state index in [2.05, 4.69) is 48.9 Å². The van der Waals surface area contributed by atoms with Crippen LogP contribution in [0.3, 0.4) is 0 Å². The summed E-state index contributed by atoms with van der Waals surface area (Å²) in [6, 6.07) is 12.1. The van der Waals surface area contributed by atoms with Gasteiger partial charge < -0.3 is 9.80 Å². The van der Waals surface area contributed by atoms with Crippen molar-refractivity contribution in [3.05, 3.63) is 52.1 Å². The molecule has 20 heavy (non-hydrogen) atoms. The Labute approximate surface area is 132 Å². The van der Waals surface area contributed by atoms with Crippen LogP contribution in [0.25, 0.3) is 0 Å². The molecule has 1 aromatic heterocycles. The second-order valence-corrected chi connectivity index (χ2v) is 6.14. The Morgan fingerprint density at radius 1 is 0.900 bits per heavy atom. The van der Waals surface area contributed by atoms with Crippen molar-refractivity contribution in [2.24, 2.45) is 0 Å². The van der Waals surface area contributed by atoms with Crippen LogP contribution >= 0.6 is 27.5 Å². The zero-order valence-electron chi connectivity index (χ0n) is 11.0. The summed E-state index contributed by atoms with van der Waals surface area (Å²) in [6.45, 7) is 3.97. The lowest BCUT2D eigenvalue weighted by molar-refractivity contribution is 0.647. The van der Waals surface area contributed by atoms with Crippen molar-refractivity contribution < 1.29 is 0 Å². The van der Waals surface area contributed by atoms with E-state index in [0.29, 0.717) is 0 Å². The third-order valence-corrected chi connectivity index (χ3v) is 4.23. The quantitative estimate of drug-likeness (QED) is 0.819. The lowest BCUT2D eigenvalue weighted by atomic mass is 10.2. The molecule has 0 unspecified atom stereocenters. The Morgan fingerprint density at radius 2 is 1.55 bits per heavy atom. The van der Waals surface area contributed by atoms with Crippen LogP contribution in [0.5, 0.6) is 0 Å². The highest BCUT2D eigenvalue weighted by molar-refractivity contribution is 9.10. The summed E-state index contributed by atoms with van der Waals surface area (Å²) >= 11 is 9.34. The molecule has 2 aromatic rings. The van der Waals surface area contributed by atoms with Crippen molar-refractivity contribution in [2.45, 2.75) is 0 Å². The number of benzene rings is 1. The molecule has 1 aliphatic rings. The molecule has 1 aliphatic heterocycles. The Balaban J connectivity index is 1.64. The van der Waals surface area contributed by atoms with E-state index in [9.17, 15) is 0 Å². The largest absolute Gasteiger partial charge is 0.368 e. The Hall–Kier alpha value is -1.26. The first kappa shape index (κ1) is 13.7. The van der Waals surface area contributed by atoms with E-state index in [1.54, 1.807) is 0 Å². The zero-order chi connectivity index (χ0) is 13.9. The van der Waals surface area contributed by atoms with Gasteiger partial charge in [0.1, 0.15) is 5.82 Å². The first-order chi connectivity index (χ1) is 9.72. The minimum atomic E-state index is 0.784. The maximum absolute atomic E-state index is 5.93. The maximum Gasteiger partial charge on any atom is 0.128 e. The van der Waals surface area contributed by atoms with Gasteiger partial charge in [-0.1, -0.05) is 11.6 Å². The number of piperazine rings is 1. The van der Waals surface area contributed by atoms with Crippen LogP contribution in [0.2, 0.25) is 5.02 Å². The van der Waals surface area contributed by atoms with E-state index < -0.39 is 0 Å². The third kappa shape index (κ3) is 3.07. The number of aromatic nitrogens is 1. The average Bonchev–Trinajstić information content (AvgIpc) is 2.49. The number of pyridine rings is 1. The second kappa shape index (κ2) is 6.02. The molecule has 0 spiro atoms. The van der Waals surface area contributed by atoms with E-state index in [0.717, 1.165) is 41.5 Å². The molecule has 3 rings (SSSR count). The first-order valence-corrected chi connectivity index (χ1v) is 7.76. The van der Waals surface area contributed by atoms with Crippen LogP contribution in [0.15, 0.2) is 47.1 Å². The van der Waals surface area contributed by atoms with Crippen LogP contribution in [0, 0.1) is 0 Å². The summed E-state index contributed by atoms with van der Waals surface area (Å²) in [5.41, 5.74) is 1.23. The van der Waals surface area contributed by atoms with Gasteiger partial charge >= 0.3 is 0 Å². The van der Waals surface area contributed by atoms with Gasteiger partial charge in [-0.25, -0.2) is 4.98 Å². The highest BCUT2D eigenvalue weighted by atomic mass is 79.9. The zero-order valence-corrected chi connectivity index (χ0v) is 13.3. The molecular formula is C15H15BrClN3. The lowest BCUT2D eigenvalue weighted by Gasteiger charge is -2.36. The number of rotatable bonds is 2. The first-order valence-electron chi connectivity index (χ1n) is 6.59. The van der Waals surface area contributed by atoms with Gasteiger partial charge in [0, 0.05) is 47.6 Å². The van der Waals surface area contributed by atoms with Crippen LogP contribution in [0.4, 0.5) is 11.5 Å². The molecule has 3 nitrogen and oxygen atoms in total. The molecule has 0 amide bonds. The SMILES string of the molecule is Clc1ccc(N2CCN(c3ccc(Br)cn3)CC2)cc1. The van der Waals surface area contributed by atoms with Crippen molar-refractivity contribution >= 4 is 39.0 Å². The summed E-state index contributed by atoms with van der Waals surface area (Å²) in [4.78, 5) is 9.15. The normalized spacial score (nSPS) is 15.5. The molecular weight excluding hydrogens is 338 g/mol. The van der Waals surface area contributed by atoms with Gasteiger partial charge in [-0.3, -0.25) is 0 Å². The highest BCUT2D eigenvalue weighted by Gasteiger charge is 2.18. The minimum absolute atomic E-state index is 0.784. The average molecular weight is 353 g/mol. The fraction of sp³-hybridized carbons (Fsp3) is 0.267. The van der Waals surface area contributed by atoms with Crippen molar-refractivity contribution in [1.29, 1.82) is 0 Å². The monoisotopic (exact) mass is 351 g/mol. The molecule has 0 aliphatic carbocycles. The van der Waals surface area contributed by atoms with Gasteiger partial charge in [-0.05, 0) is 52.3 Å². The van der Waals surface area contributed by atoms with Gasteiger partial charge in [-0.2, -0.15) is 0 Å². The topological polar surface area (TPSA) is 19.4 Å². The lowest BCUT2D eigenvalue weighted by Crippen LogP contribution is -2.46. The third-order valence-electron chi connectivity index (χ3n) is 3.51. The van der Waals surface area contributed by atoms with Crippen molar-refractivity contribution in [1.82, 2.24) is 4.98 Å². The van der Waals surface area contributed by atoms with Gasteiger partial charge in [0.15, 0.2) is 0 Å². The molecule has 1 saturated heterocycles. The fourth-order valence-electron chi connectivity index (χ4n) is 2.40. The van der Waals surface area contributed by atoms with Gasteiger partial charge in [0.05, 0.1) is 0 Å². The number of hydrogen-bond donors (Lipinski definition) is 0. The molecule has 5 heteroatoms. The van der Waals surface area contributed by atoms with Crippen LogP contribution in [-0.4, -0.2) is 31.2 Å². The highest BCUT2D eigenvalue weighted by Crippen LogP contribution is 2.21. The van der Waals surface area contributed by atoms with Gasteiger partial charge in [0.2, 0.25) is 0 Å². The summed E-state index contributed by atoms with van der Waals surface area (Å²) < 4.78 is 1.01. The van der Waals surface area contributed by atoms with Crippen molar-refractivity contribution in [3.8, 4) is 0 Å². The summed E-state index contributed by atoms with van der Waals surface area (Å²) in [5, 5.41) is 0.784. The Bertz CT molecular complexity index is 509. The predicted molar refractivity (Wildman–Crippen MR) is 87.8 cm³/mol. The second-order valence-electron chi connectivity index (χ2n) is 4.79. The summed E-state index contributed by atoms with van der Waals surface area (Å²) in [5.74, 6) is 1.05. The summed E-state index contributed by atoms with van der Waals surface area (Å²) in [7, 11) is 0. The number of hydrogen-bond acceptors (Lipinski definition) is 3. The van der Waals surface area contributed by atoms with Crippen LogP contribution in [-0.2, 0) is 0 Å². The molecule has 1 aromatic carbocycles. The van der Waals surface area contributed by atoms with Crippen molar-refractivity contribution in [3.63, 3.8) is 0 Å².